The number of aliphatic imine (C=N–C) groups is 1. The third-order valence-corrected chi connectivity index (χ3v) is 9.79. The van der Waals surface area contributed by atoms with Gasteiger partial charge in [0, 0.05) is 25.2 Å². The van der Waals surface area contributed by atoms with E-state index >= 15 is 0 Å². The molecule has 0 aliphatic rings. The van der Waals surface area contributed by atoms with Gasteiger partial charge < -0.3 is 39.2 Å². The smallest absolute Gasteiger partial charge is 0.414 e. The van der Waals surface area contributed by atoms with Crippen molar-refractivity contribution in [3.8, 4) is 0 Å². The van der Waals surface area contributed by atoms with Gasteiger partial charge in [0.2, 0.25) is 11.9 Å². The molecule has 0 aliphatic heterocycles. The summed E-state index contributed by atoms with van der Waals surface area (Å²) in [5.74, 6) is -1.56. The van der Waals surface area contributed by atoms with Crippen LogP contribution in [0, 0.1) is 0 Å². The van der Waals surface area contributed by atoms with Gasteiger partial charge in [-0.25, -0.2) is 24.0 Å². The minimum absolute atomic E-state index is 0.0135. The number of hydrogen-bond acceptors (Lipinski definition) is 12. The number of amides is 5. The summed E-state index contributed by atoms with van der Waals surface area (Å²) in [6.07, 6.45) is -2.19. The predicted octanol–water partition coefficient (Wildman–Crippen LogP) is 8.19. The number of benzene rings is 4. The number of unbranched alkanes of at least 4 members (excludes halogenated alkanes) is 1. The van der Waals surface area contributed by atoms with Crippen LogP contribution in [0.1, 0.15) is 75.1 Å². The van der Waals surface area contributed by atoms with Gasteiger partial charge in [-0.15, -0.1) is 0 Å². The fraction of sp³-hybridized carbons (Fsp3) is 0.367. The molecule has 2 atom stereocenters. The molecule has 0 bridgehead atoms. The number of alkyl carbamates (subject to hydrolysis) is 4. The van der Waals surface area contributed by atoms with Crippen molar-refractivity contribution >= 4 is 53.8 Å². The quantitative estimate of drug-likeness (QED) is 0.0206. The Bertz CT molecular complexity index is 2150. The van der Waals surface area contributed by atoms with E-state index < -0.39 is 53.9 Å². The second-order valence-corrected chi connectivity index (χ2v) is 16.6. The summed E-state index contributed by atoms with van der Waals surface area (Å²) < 4.78 is 27.1. The molecule has 4 aromatic carbocycles. The lowest BCUT2D eigenvalue weighted by Gasteiger charge is -2.32. The van der Waals surface area contributed by atoms with E-state index in [0.717, 1.165) is 22.3 Å². The Kier molecular flexibility index (Phi) is 21.9. The molecule has 0 saturated carbocycles. The molecule has 67 heavy (non-hydrogen) atoms. The number of carbonyl (C=O) groups is 6. The van der Waals surface area contributed by atoms with Crippen molar-refractivity contribution in [3.05, 3.63) is 143 Å². The van der Waals surface area contributed by atoms with E-state index in [4.69, 9.17) is 35.3 Å². The zero-order valence-electron chi connectivity index (χ0n) is 38.2. The van der Waals surface area contributed by atoms with Gasteiger partial charge >= 0.3 is 30.3 Å². The van der Waals surface area contributed by atoms with E-state index in [1.807, 2.05) is 18.2 Å². The van der Waals surface area contributed by atoms with E-state index in [0.29, 0.717) is 17.9 Å². The first-order chi connectivity index (χ1) is 32.1. The summed E-state index contributed by atoms with van der Waals surface area (Å²) in [7, 11) is 1.44. The lowest BCUT2D eigenvalue weighted by Crippen LogP contribution is -2.53. The van der Waals surface area contributed by atoms with Crippen LogP contribution in [0.5, 0.6) is 0 Å². The topological polar surface area (TPSA) is 212 Å². The molecule has 18 heteroatoms. The highest BCUT2D eigenvalue weighted by molar-refractivity contribution is 6.30. The van der Waals surface area contributed by atoms with Crippen LogP contribution in [0.4, 0.5) is 19.2 Å². The Morgan fingerprint density at radius 1 is 0.597 bits per heavy atom. The molecule has 17 nitrogen and oxygen atoms in total. The Morgan fingerprint density at radius 3 is 1.55 bits per heavy atom. The van der Waals surface area contributed by atoms with Crippen molar-refractivity contribution in [1.29, 1.82) is 0 Å². The number of ether oxygens (including phenoxy) is 5. The number of nitrogens with one attached hydrogen (secondary N) is 4. The molecule has 0 aliphatic carbocycles. The largest absolute Gasteiger partial charge is 0.458 e. The van der Waals surface area contributed by atoms with Crippen LogP contribution in [-0.2, 0) is 59.7 Å². The summed E-state index contributed by atoms with van der Waals surface area (Å²) >= 11 is 5.93. The Morgan fingerprint density at radius 2 is 1.06 bits per heavy atom. The molecule has 4 aromatic rings. The second-order valence-electron chi connectivity index (χ2n) is 16.1. The van der Waals surface area contributed by atoms with Crippen LogP contribution in [0.25, 0.3) is 0 Å². The maximum Gasteiger partial charge on any atom is 0.414 e. The summed E-state index contributed by atoms with van der Waals surface area (Å²) in [5.41, 5.74) is 2.07. The maximum atomic E-state index is 14.3. The fourth-order valence-electron chi connectivity index (χ4n) is 6.15. The number of carbonyl (C=O) groups excluding carboxylic acids is 6. The average molecular weight is 943 g/mol. The van der Waals surface area contributed by atoms with Gasteiger partial charge in [0.1, 0.15) is 44.1 Å². The number of guanidine groups is 1. The molecule has 0 spiro atoms. The van der Waals surface area contributed by atoms with E-state index in [9.17, 15) is 28.8 Å². The number of hydrogen-bond donors (Lipinski definition) is 4. The van der Waals surface area contributed by atoms with E-state index in [-0.39, 0.29) is 64.7 Å². The first-order valence-electron chi connectivity index (χ1n) is 21.8. The van der Waals surface area contributed by atoms with Crippen molar-refractivity contribution in [2.75, 3.05) is 20.1 Å². The van der Waals surface area contributed by atoms with Crippen LogP contribution in [0.15, 0.2) is 120 Å². The first-order valence-corrected chi connectivity index (χ1v) is 22.1. The summed E-state index contributed by atoms with van der Waals surface area (Å²) in [6.45, 7) is 5.18. The Labute approximate surface area is 395 Å². The lowest BCUT2D eigenvalue weighted by atomic mass is 10.0. The number of nitrogens with zero attached hydrogens (tertiary/aromatic N) is 2. The van der Waals surface area contributed by atoms with Crippen LogP contribution in [-0.4, -0.2) is 84.9 Å². The normalized spacial score (nSPS) is 11.7. The lowest BCUT2D eigenvalue weighted by molar-refractivity contribution is -0.164. The summed E-state index contributed by atoms with van der Waals surface area (Å²) in [6, 6.07) is 31.5. The van der Waals surface area contributed by atoms with Crippen molar-refractivity contribution in [1.82, 2.24) is 26.2 Å². The van der Waals surface area contributed by atoms with E-state index in [2.05, 4.69) is 26.3 Å². The van der Waals surface area contributed by atoms with Crippen LogP contribution >= 0.6 is 11.6 Å². The van der Waals surface area contributed by atoms with Gasteiger partial charge in [0.25, 0.3) is 0 Å². The molecule has 0 aromatic heterocycles. The van der Waals surface area contributed by atoms with Crippen LogP contribution in [0.3, 0.4) is 0 Å². The van der Waals surface area contributed by atoms with Gasteiger partial charge in [-0.1, -0.05) is 115 Å². The van der Waals surface area contributed by atoms with Gasteiger partial charge in [-0.3, -0.25) is 20.4 Å². The molecular weight excluding hydrogens is 884 g/mol. The van der Waals surface area contributed by atoms with Crippen molar-refractivity contribution < 1.29 is 52.5 Å². The Hall–Kier alpha value is -7.14. The molecule has 0 unspecified atom stereocenters. The maximum absolute atomic E-state index is 14.3. The third kappa shape index (κ3) is 21.1. The van der Waals surface area contributed by atoms with Crippen molar-refractivity contribution in [2.45, 2.75) is 97.0 Å². The minimum Gasteiger partial charge on any atom is -0.458 e. The molecule has 5 amide bonds. The SMILES string of the molecule is CN(C(=O)[C@H](CCCN=C(NC(=O)OCc1ccccc1)NC(=O)OCc1ccccc1)NC(=O)OCc1ccccc1)[C@@H](CCCCNC(=O)OCc1ccc(Cl)cc1)C(=O)OC(C)(C)C. The number of likely N-dealkylation sites (N-methyl/N-ethyl adjacent to an activating group) is 1. The molecule has 0 radical (unpaired) electrons. The predicted molar refractivity (Wildman–Crippen MR) is 251 cm³/mol. The highest BCUT2D eigenvalue weighted by Gasteiger charge is 2.34. The zero-order valence-corrected chi connectivity index (χ0v) is 38.9. The molecule has 0 fully saturated rings. The van der Waals surface area contributed by atoms with Gasteiger partial charge in [-0.2, -0.15) is 0 Å². The minimum atomic E-state index is -1.22. The van der Waals surface area contributed by atoms with E-state index in [1.54, 1.807) is 118 Å². The van der Waals surface area contributed by atoms with Gasteiger partial charge in [0.15, 0.2) is 0 Å². The first kappa shape index (κ1) is 52.5. The third-order valence-electron chi connectivity index (χ3n) is 9.54. The van der Waals surface area contributed by atoms with Crippen molar-refractivity contribution in [3.63, 3.8) is 0 Å². The summed E-state index contributed by atoms with van der Waals surface area (Å²) in [5, 5.41) is 10.8. The van der Waals surface area contributed by atoms with Crippen LogP contribution < -0.4 is 21.3 Å². The molecule has 4 N–H and O–H groups in total. The van der Waals surface area contributed by atoms with Gasteiger partial charge in [0.05, 0.1) is 0 Å². The van der Waals surface area contributed by atoms with Crippen molar-refractivity contribution in [2.24, 2.45) is 4.99 Å². The second kappa shape index (κ2) is 28.0. The highest BCUT2D eigenvalue weighted by atomic mass is 35.5. The molecule has 358 valence electrons. The van der Waals surface area contributed by atoms with Gasteiger partial charge in [-0.05, 0) is 87.3 Å². The molecular formula is C49H59ClN6O11. The average Bonchev–Trinajstić information content (AvgIpc) is 3.31. The van der Waals surface area contributed by atoms with Crippen LogP contribution in [0.2, 0.25) is 5.02 Å². The fourth-order valence-corrected chi connectivity index (χ4v) is 6.27. The molecule has 0 heterocycles. The molecule has 0 saturated heterocycles. The highest BCUT2D eigenvalue weighted by Crippen LogP contribution is 2.18. The monoisotopic (exact) mass is 942 g/mol. The zero-order chi connectivity index (χ0) is 48.4. The Balaban J connectivity index is 1.44. The molecule has 4 rings (SSSR count). The van der Waals surface area contributed by atoms with E-state index in [1.165, 1.54) is 11.9 Å². The number of rotatable bonds is 21. The number of esters is 1. The summed E-state index contributed by atoms with van der Waals surface area (Å²) in [4.78, 5) is 84.8. The number of halogens is 1. The standard InChI is InChI=1S/C49H59ClN6O11/c1-49(2,3)67-43(58)41(24-14-15-29-52-45(59)63-34-38-25-27-39(50)28-26-38)56(4)42(57)40(53-46(60)64-31-35-17-8-5-9-18-35)23-16-30-51-44(54-47(61)65-32-36-19-10-6-11-20-36)55-48(62)66-33-37-21-12-7-13-22-37/h5-13,17-22,25-28,40-41H,14-16,23-24,29-34H2,1-4H3,(H,52,59)(H,53,60)(H2,51,54,55,61,62)/t40-,41-/m0/s1.